The van der Waals surface area contributed by atoms with Gasteiger partial charge in [-0.1, -0.05) is 0 Å². The summed E-state index contributed by atoms with van der Waals surface area (Å²) in [7, 11) is 0. The summed E-state index contributed by atoms with van der Waals surface area (Å²) in [4.78, 5) is 14.4. The third-order valence-electron chi connectivity index (χ3n) is 4.77. The summed E-state index contributed by atoms with van der Waals surface area (Å²) in [5, 5.41) is 4.50. The van der Waals surface area contributed by atoms with Crippen LogP contribution in [-0.2, 0) is 16.2 Å². The fraction of sp³-hybridized carbons (Fsp3) is 0.500. The number of fused-ring (bicyclic) bond motifs is 1. The molecule has 9 heteroatoms. The van der Waals surface area contributed by atoms with Crippen LogP contribution in [0.1, 0.15) is 19.8 Å². The molecule has 2 aromatic rings. The van der Waals surface area contributed by atoms with Gasteiger partial charge in [0, 0.05) is 18.7 Å². The Morgan fingerprint density at radius 1 is 1.30 bits per heavy atom. The van der Waals surface area contributed by atoms with Crippen LogP contribution in [0.15, 0.2) is 22.6 Å². The van der Waals surface area contributed by atoms with Crippen LogP contribution in [0.5, 0.6) is 11.5 Å². The van der Waals surface area contributed by atoms with Gasteiger partial charge in [0.1, 0.15) is 0 Å². The lowest BCUT2D eigenvalue weighted by molar-refractivity contribution is -0.149. The molecule has 0 unspecified atom stereocenters. The van der Waals surface area contributed by atoms with Crippen molar-refractivity contribution in [3.05, 3.63) is 23.0 Å². The van der Waals surface area contributed by atoms with Crippen molar-refractivity contribution < 1.29 is 23.4 Å². The van der Waals surface area contributed by atoms with Crippen molar-refractivity contribution in [3.63, 3.8) is 0 Å². The van der Waals surface area contributed by atoms with E-state index >= 15 is 0 Å². The fourth-order valence-electron chi connectivity index (χ4n) is 3.30. The van der Waals surface area contributed by atoms with Crippen LogP contribution in [0.4, 0.5) is 0 Å². The van der Waals surface area contributed by atoms with Crippen LogP contribution < -0.4 is 9.47 Å². The minimum Gasteiger partial charge on any atom is -0.466 e. The van der Waals surface area contributed by atoms with Gasteiger partial charge < -0.3 is 18.6 Å². The Hall–Kier alpha value is -2.39. The van der Waals surface area contributed by atoms with E-state index in [0.717, 1.165) is 31.5 Å². The summed E-state index contributed by atoms with van der Waals surface area (Å²) in [6.07, 6.45) is 1.55. The van der Waals surface area contributed by atoms with E-state index in [4.69, 9.17) is 30.8 Å². The number of hydrogen-bond acceptors (Lipinski definition) is 8. The number of carbonyl (C=O) groups is 1. The van der Waals surface area contributed by atoms with E-state index in [9.17, 15) is 4.79 Å². The molecular weight excluding hydrogens is 370 g/mol. The Balaban J connectivity index is 1.41. The number of aromatic nitrogens is 2. The van der Waals surface area contributed by atoms with Gasteiger partial charge >= 0.3 is 5.97 Å². The number of hydrogen-bond donors (Lipinski definition) is 0. The van der Waals surface area contributed by atoms with Crippen molar-refractivity contribution in [2.75, 3.05) is 26.5 Å². The molecule has 4 rings (SSSR count). The highest BCUT2D eigenvalue weighted by molar-refractivity contribution is 7.71. The van der Waals surface area contributed by atoms with E-state index in [-0.39, 0.29) is 18.7 Å². The Bertz CT molecular complexity index is 885. The van der Waals surface area contributed by atoms with Gasteiger partial charge in [-0.15, -0.1) is 5.10 Å². The lowest BCUT2D eigenvalue weighted by Crippen LogP contribution is -2.38. The molecule has 0 bridgehead atoms. The summed E-state index contributed by atoms with van der Waals surface area (Å²) >= 11 is 5.32. The van der Waals surface area contributed by atoms with Crippen LogP contribution >= 0.6 is 12.2 Å². The van der Waals surface area contributed by atoms with Crippen molar-refractivity contribution in [2.45, 2.75) is 26.4 Å². The van der Waals surface area contributed by atoms with Gasteiger partial charge in [0.15, 0.2) is 11.5 Å². The predicted molar refractivity (Wildman–Crippen MR) is 97.8 cm³/mol. The van der Waals surface area contributed by atoms with Crippen LogP contribution in [0.3, 0.4) is 0 Å². The Kier molecular flexibility index (Phi) is 5.13. The largest absolute Gasteiger partial charge is 0.466 e. The zero-order chi connectivity index (χ0) is 18.8. The van der Waals surface area contributed by atoms with E-state index < -0.39 is 0 Å². The quantitative estimate of drug-likeness (QED) is 0.569. The number of esters is 1. The number of ether oxygens (including phenoxy) is 3. The zero-order valence-electron chi connectivity index (χ0n) is 15.1. The van der Waals surface area contributed by atoms with E-state index in [1.165, 1.54) is 0 Å². The Labute approximate surface area is 161 Å². The van der Waals surface area contributed by atoms with Crippen molar-refractivity contribution in [3.8, 4) is 23.0 Å². The normalized spacial score (nSPS) is 17.2. The first kappa shape index (κ1) is 18.0. The highest BCUT2D eigenvalue weighted by Crippen LogP contribution is 2.35. The molecule has 144 valence electrons. The topological polar surface area (TPSA) is 79.0 Å². The second-order valence-electron chi connectivity index (χ2n) is 6.53. The molecule has 1 fully saturated rings. The van der Waals surface area contributed by atoms with Crippen LogP contribution in [0.2, 0.25) is 0 Å². The minimum absolute atomic E-state index is 0.0179. The average molecular weight is 391 g/mol. The van der Waals surface area contributed by atoms with E-state index in [1.807, 2.05) is 25.1 Å². The average Bonchev–Trinajstić information content (AvgIpc) is 3.28. The fourth-order valence-corrected chi connectivity index (χ4v) is 3.48. The first-order chi connectivity index (χ1) is 13.1. The van der Waals surface area contributed by atoms with Gasteiger partial charge in [0.05, 0.1) is 19.2 Å². The lowest BCUT2D eigenvalue weighted by atomic mass is 9.97. The van der Waals surface area contributed by atoms with Gasteiger partial charge in [-0.25, -0.2) is 4.68 Å². The van der Waals surface area contributed by atoms with E-state index in [0.29, 0.717) is 35.5 Å². The molecular formula is C18H21N3O5S. The van der Waals surface area contributed by atoms with Crippen molar-refractivity contribution in [1.29, 1.82) is 0 Å². The number of piperidine rings is 1. The molecule has 0 N–H and O–H groups in total. The maximum absolute atomic E-state index is 11.8. The summed E-state index contributed by atoms with van der Waals surface area (Å²) in [5.41, 5.74) is 0.783. The highest BCUT2D eigenvalue weighted by Gasteiger charge is 2.26. The number of carbonyl (C=O) groups excluding carboxylic acids is 1. The van der Waals surface area contributed by atoms with E-state index in [1.54, 1.807) is 4.68 Å². The maximum atomic E-state index is 11.8. The maximum Gasteiger partial charge on any atom is 0.309 e. The third kappa shape index (κ3) is 3.84. The molecule has 0 amide bonds. The van der Waals surface area contributed by atoms with Crippen LogP contribution in [0.25, 0.3) is 11.5 Å². The Morgan fingerprint density at radius 2 is 2.07 bits per heavy atom. The molecule has 0 aliphatic carbocycles. The number of nitrogens with zero attached hydrogens (tertiary/aromatic N) is 3. The minimum atomic E-state index is -0.0970. The third-order valence-corrected chi connectivity index (χ3v) is 5.06. The molecule has 2 aliphatic heterocycles. The number of benzene rings is 1. The van der Waals surface area contributed by atoms with E-state index in [2.05, 4.69) is 10.00 Å². The molecule has 8 nitrogen and oxygen atoms in total. The molecule has 27 heavy (non-hydrogen) atoms. The smallest absolute Gasteiger partial charge is 0.309 e. The molecule has 2 aliphatic rings. The van der Waals surface area contributed by atoms with Crippen molar-refractivity contribution in [2.24, 2.45) is 5.92 Å². The van der Waals surface area contributed by atoms with Crippen LogP contribution in [-0.4, -0.2) is 47.1 Å². The SMILES string of the molecule is CCOC(=O)C1CCN(Cn2nc(-c3ccc4c(c3)OCO4)oc2=S)CC1. The van der Waals surface area contributed by atoms with Gasteiger partial charge in [-0.2, -0.15) is 0 Å². The number of rotatable bonds is 5. The Morgan fingerprint density at radius 3 is 2.85 bits per heavy atom. The summed E-state index contributed by atoms with van der Waals surface area (Å²) in [6, 6.07) is 5.52. The van der Waals surface area contributed by atoms with Gasteiger partial charge in [0.2, 0.25) is 12.7 Å². The molecule has 1 aromatic carbocycles. The number of likely N-dealkylation sites (tertiary alicyclic amines) is 1. The molecule has 1 aromatic heterocycles. The predicted octanol–water partition coefficient (Wildman–Crippen LogP) is 2.83. The molecule has 0 atom stereocenters. The van der Waals surface area contributed by atoms with Gasteiger partial charge in [-0.05, 0) is 50.2 Å². The summed E-state index contributed by atoms with van der Waals surface area (Å²) in [5.74, 6) is 1.71. The summed E-state index contributed by atoms with van der Waals surface area (Å²) < 4.78 is 23.2. The lowest BCUT2D eigenvalue weighted by Gasteiger charge is -2.30. The van der Waals surface area contributed by atoms with Crippen molar-refractivity contribution >= 4 is 18.2 Å². The van der Waals surface area contributed by atoms with Crippen molar-refractivity contribution in [1.82, 2.24) is 14.7 Å². The molecule has 0 saturated carbocycles. The van der Waals surface area contributed by atoms with Gasteiger partial charge in [-0.3, -0.25) is 9.69 Å². The second kappa shape index (κ2) is 7.69. The highest BCUT2D eigenvalue weighted by atomic mass is 32.1. The van der Waals surface area contributed by atoms with Gasteiger partial charge in [0.25, 0.3) is 4.84 Å². The molecule has 0 spiro atoms. The summed E-state index contributed by atoms with van der Waals surface area (Å²) in [6.45, 7) is 4.59. The standard InChI is InChI=1S/C18H21N3O5S/c1-2-23-17(22)12-5-7-20(8-6-12)10-21-18(27)26-16(19-21)13-3-4-14-15(9-13)25-11-24-14/h3-4,9,12H,2,5-8,10-11H2,1H3. The monoisotopic (exact) mass is 391 g/mol. The zero-order valence-corrected chi connectivity index (χ0v) is 15.9. The molecule has 3 heterocycles. The first-order valence-corrected chi connectivity index (χ1v) is 9.42. The second-order valence-corrected chi connectivity index (χ2v) is 6.88. The molecule has 0 radical (unpaired) electrons. The van der Waals surface area contributed by atoms with Crippen LogP contribution in [0, 0.1) is 10.8 Å². The first-order valence-electron chi connectivity index (χ1n) is 9.01. The molecule has 1 saturated heterocycles.